The van der Waals surface area contributed by atoms with Gasteiger partial charge in [-0.2, -0.15) is 13.7 Å². The Labute approximate surface area is 209 Å². The van der Waals surface area contributed by atoms with Crippen LogP contribution in [-0.2, 0) is 24.1 Å². The number of pyridine rings is 1. The van der Waals surface area contributed by atoms with Crippen LogP contribution in [0.5, 0.6) is 5.75 Å². The van der Waals surface area contributed by atoms with Crippen LogP contribution in [0.2, 0.25) is 0 Å². The first-order valence-corrected chi connectivity index (χ1v) is 12.5. The number of ether oxygens (including phenoxy) is 3. The lowest BCUT2D eigenvalue weighted by molar-refractivity contribution is 0.0748. The normalized spacial score (nSPS) is 15.3. The molecule has 2 aromatic rings. The molecule has 2 N–H and O–H groups in total. The van der Waals surface area contributed by atoms with Crippen LogP contribution in [0.3, 0.4) is 0 Å². The van der Waals surface area contributed by atoms with Crippen LogP contribution in [0.25, 0.3) is 17.0 Å². The van der Waals surface area contributed by atoms with Gasteiger partial charge < -0.3 is 19.5 Å². The summed E-state index contributed by atoms with van der Waals surface area (Å²) in [6.07, 6.45) is 6.23. The lowest BCUT2D eigenvalue weighted by atomic mass is 10.1. The van der Waals surface area contributed by atoms with Crippen molar-refractivity contribution in [2.45, 2.75) is 25.8 Å². The van der Waals surface area contributed by atoms with Crippen molar-refractivity contribution >= 4 is 39.4 Å². The summed E-state index contributed by atoms with van der Waals surface area (Å²) in [5.41, 5.74) is 1.46. The Kier molecular flexibility index (Phi) is 9.91. The van der Waals surface area contributed by atoms with Crippen molar-refractivity contribution in [3.8, 4) is 11.8 Å². The van der Waals surface area contributed by atoms with E-state index in [-0.39, 0.29) is 32.5 Å². The molecule has 36 heavy (non-hydrogen) atoms. The third-order valence-corrected chi connectivity index (χ3v) is 5.53. The van der Waals surface area contributed by atoms with Gasteiger partial charge in [0.15, 0.2) is 17.2 Å². The molecule has 194 valence electrons. The predicted molar refractivity (Wildman–Crippen MR) is 132 cm³/mol. The van der Waals surface area contributed by atoms with Crippen LogP contribution in [0.15, 0.2) is 35.6 Å². The van der Waals surface area contributed by atoms with Gasteiger partial charge in [0, 0.05) is 31.5 Å². The average Bonchev–Trinajstić information content (AvgIpc) is 3.26. The third-order valence-electron chi connectivity index (χ3n) is 5.07. The second kappa shape index (κ2) is 13.1. The van der Waals surface area contributed by atoms with Gasteiger partial charge in [-0.15, -0.1) is 0 Å². The zero-order valence-electron chi connectivity index (χ0n) is 19.8. The van der Waals surface area contributed by atoms with E-state index in [9.17, 15) is 8.42 Å². The molecule has 0 atom stereocenters. The van der Waals surface area contributed by atoms with E-state index in [0.717, 1.165) is 12.8 Å². The molecular formula is C22H28N6O7S. The van der Waals surface area contributed by atoms with Crippen molar-refractivity contribution in [2.75, 3.05) is 45.0 Å². The highest BCUT2D eigenvalue weighted by Gasteiger charge is 2.19. The Bertz CT molecular complexity index is 1260. The maximum absolute atomic E-state index is 10.5. The molecule has 0 saturated carbocycles. The molecule has 13 nitrogen and oxygen atoms in total. The van der Waals surface area contributed by atoms with Crippen molar-refractivity contribution in [3.05, 3.63) is 30.6 Å². The van der Waals surface area contributed by atoms with E-state index < -0.39 is 10.4 Å². The first-order chi connectivity index (χ1) is 17.3. The molecule has 0 aromatic carbocycles. The van der Waals surface area contributed by atoms with Crippen LogP contribution in [-0.4, -0.2) is 79.4 Å². The monoisotopic (exact) mass is 520 g/mol. The smallest absolute Gasteiger partial charge is 0.397 e. The molecule has 0 unspecified atom stereocenters. The number of imidazole rings is 1. The van der Waals surface area contributed by atoms with Crippen LogP contribution in [0, 0.1) is 11.3 Å². The number of nitrogens with one attached hydrogen (secondary N) is 1. The second-order valence-corrected chi connectivity index (χ2v) is 8.66. The van der Waals surface area contributed by atoms with Gasteiger partial charge in [0.05, 0.1) is 25.4 Å². The molecule has 0 spiro atoms. The molecule has 1 aliphatic rings. The summed E-state index contributed by atoms with van der Waals surface area (Å²) in [5, 5.41) is 12.5. The van der Waals surface area contributed by atoms with E-state index in [1.807, 2.05) is 6.07 Å². The quantitative estimate of drug-likeness (QED) is 0.172. The summed E-state index contributed by atoms with van der Waals surface area (Å²) < 4.78 is 52.0. The Hall–Kier alpha value is -3.35. The van der Waals surface area contributed by atoms with Gasteiger partial charge in [-0.25, -0.2) is 19.1 Å². The molecule has 1 saturated heterocycles. The summed E-state index contributed by atoms with van der Waals surface area (Å²) >= 11 is 0. The van der Waals surface area contributed by atoms with Crippen LogP contribution in [0.1, 0.15) is 19.8 Å². The molecule has 14 heteroatoms. The minimum Gasteiger partial charge on any atom is -0.487 e. The van der Waals surface area contributed by atoms with Crippen molar-refractivity contribution < 1.29 is 31.4 Å². The third kappa shape index (κ3) is 8.11. The molecule has 3 heterocycles. The van der Waals surface area contributed by atoms with Gasteiger partial charge in [-0.1, -0.05) is 12.7 Å². The van der Waals surface area contributed by atoms with Gasteiger partial charge in [0.25, 0.3) is 0 Å². The van der Waals surface area contributed by atoms with Crippen LogP contribution >= 0.6 is 0 Å². The minimum absolute atomic E-state index is 0.0403. The summed E-state index contributed by atoms with van der Waals surface area (Å²) in [4.78, 5) is 13.4. The zero-order chi connectivity index (χ0) is 26.0. The summed E-state index contributed by atoms with van der Waals surface area (Å²) in [7, 11) is -4.49. The fourth-order valence-electron chi connectivity index (χ4n) is 3.24. The second-order valence-electron chi connectivity index (χ2n) is 7.56. The van der Waals surface area contributed by atoms with E-state index in [0.29, 0.717) is 47.3 Å². The maximum Gasteiger partial charge on any atom is 0.397 e. The molecule has 1 fully saturated rings. The van der Waals surface area contributed by atoms with Gasteiger partial charge in [-0.05, 0) is 19.8 Å². The number of hydrogen-bond acceptors (Lipinski definition) is 11. The zero-order valence-corrected chi connectivity index (χ0v) is 20.6. The highest BCUT2D eigenvalue weighted by molar-refractivity contribution is 7.80. The fourth-order valence-corrected chi connectivity index (χ4v) is 3.52. The first-order valence-electron chi connectivity index (χ1n) is 11.1. The number of nitrogens with zero attached hydrogens (tertiary/aromatic N) is 5. The number of allylic oxidation sites excluding steroid dienone is 2. The highest BCUT2D eigenvalue weighted by Crippen LogP contribution is 2.29. The molecule has 0 aliphatic carbocycles. The Morgan fingerprint density at radius 3 is 2.83 bits per heavy atom. The van der Waals surface area contributed by atoms with Crippen LogP contribution in [0.4, 0.5) is 5.82 Å². The molecule has 0 amide bonds. The summed E-state index contributed by atoms with van der Waals surface area (Å²) in [5.74, 6) is 1.31. The average molecular weight is 521 g/mol. The number of anilines is 1. The van der Waals surface area contributed by atoms with Crippen molar-refractivity contribution in [1.29, 1.82) is 5.26 Å². The van der Waals surface area contributed by atoms with E-state index in [1.165, 1.54) is 6.21 Å². The number of aliphatic imine (C=N–C) groups is 1. The van der Waals surface area contributed by atoms with Gasteiger partial charge in [0.1, 0.15) is 30.3 Å². The first kappa shape index (κ1) is 27.2. The molecule has 1 aliphatic heterocycles. The van der Waals surface area contributed by atoms with E-state index in [1.54, 1.807) is 30.0 Å². The molecule has 0 bridgehead atoms. The van der Waals surface area contributed by atoms with E-state index in [2.05, 4.69) is 26.1 Å². The van der Waals surface area contributed by atoms with Crippen molar-refractivity contribution in [3.63, 3.8) is 0 Å². The van der Waals surface area contributed by atoms with Gasteiger partial charge in [0.2, 0.25) is 0 Å². The topological polar surface area (TPSA) is 170 Å². The lowest BCUT2D eigenvalue weighted by Gasteiger charge is -2.24. The summed E-state index contributed by atoms with van der Waals surface area (Å²) in [6.45, 7) is 6.94. The van der Waals surface area contributed by atoms with E-state index in [4.69, 9.17) is 29.0 Å². The number of rotatable bonds is 13. The number of aromatic nitrogens is 3. The molecule has 3 rings (SSSR count). The largest absolute Gasteiger partial charge is 0.487 e. The molecule has 2 aromatic heterocycles. The molecule has 0 radical (unpaired) electrons. The summed E-state index contributed by atoms with van der Waals surface area (Å²) in [6, 6.07) is 3.92. The minimum atomic E-state index is -4.49. The Morgan fingerprint density at radius 2 is 2.14 bits per heavy atom. The van der Waals surface area contributed by atoms with Crippen LogP contribution < -0.4 is 10.1 Å². The molecular weight excluding hydrogens is 492 g/mol. The number of nitriles is 1. The van der Waals surface area contributed by atoms with Gasteiger partial charge in [-0.3, -0.25) is 9.12 Å². The SMILES string of the molecule is C=C(/N=C\C(C#N)=C/C)n1cnc2cc(OCCOCCOS(=O)(=O)O)c(NC3CCOCC3)nc21. The predicted octanol–water partition coefficient (Wildman–Crippen LogP) is 2.21. The van der Waals surface area contributed by atoms with E-state index >= 15 is 0 Å². The fraction of sp³-hybridized carbons (Fsp3) is 0.455. The lowest BCUT2D eigenvalue weighted by Crippen LogP contribution is -2.28. The highest BCUT2D eigenvalue weighted by atomic mass is 32.3. The Morgan fingerprint density at radius 1 is 1.39 bits per heavy atom. The number of hydrogen-bond donors (Lipinski definition) is 2. The maximum atomic E-state index is 10.5. The number of fused-ring (bicyclic) bond motifs is 1. The van der Waals surface area contributed by atoms with Crippen molar-refractivity contribution in [2.24, 2.45) is 4.99 Å². The standard InChI is InChI=1S/C22H28N6O7S/c1-3-17(13-23)14-24-16(2)28-15-25-19-12-20(34-10-8-33-9-11-35-36(29,30)31)21(27-22(19)28)26-18-4-6-32-7-5-18/h3,12,14-15,18H,2,4-11H2,1H3,(H,26,27)(H,29,30,31)/b17-3-,24-14-. The van der Waals surface area contributed by atoms with Gasteiger partial charge >= 0.3 is 10.4 Å². The Balaban J connectivity index is 1.74. The van der Waals surface area contributed by atoms with Crippen molar-refractivity contribution in [1.82, 2.24) is 14.5 Å².